The van der Waals surface area contributed by atoms with Crippen LogP contribution in [0, 0.1) is 0 Å². The third-order valence-corrected chi connectivity index (χ3v) is 1.95. The molecule has 0 radical (unpaired) electrons. The molecule has 2 rings (SSSR count). The highest BCUT2D eigenvalue weighted by atomic mass is 16.5. The zero-order valence-corrected chi connectivity index (χ0v) is 7.60. The first-order valence-electron chi connectivity index (χ1n) is 4.05. The van der Waals surface area contributed by atoms with Crippen molar-refractivity contribution in [2.45, 2.75) is 0 Å². The standard InChI is InChI=1S/C9H9N3O2/c1-14-9-7(8(10)13)6-4-2-3-5-12(6)11-9/h2-5H,1H3,(H2,10,13). The molecule has 2 aromatic rings. The normalized spacial score (nSPS) is 10.4. The second-order valence-corrected chi connectivity index (χ2v) is 2.78. The molecule has 2 N–H and O–H groups in total. The van der Waals surface area contributed by atoms with Crippen molar-refractivity contribution in [1.29, 1.82) is 0 Å². The van der Waals surface area contributed by atoms with E-state index in [1.807, 2.05) is 12.1 Å². The molecule has 0 aromatic carbocycles. The first kappa shape index (κ1) is 8.55. The smallest absolute Gasteiger partial charge is 0.256 e. The second-order valence-electron chi connectivity index (χ2n) is 2.78. The number of nitrogens with zero attached hydrogens (tertiary/aromatic N) is 2. The number of primary amides is 1. The molecule has 72 valence electrons. The van der Waals surface area contributed by atoms with E-state index in [0.29, 0.717) is 11.1 Å². The Morgan fingerprint density at radius 2 is 2.36 bits per heavy atom. The molecule has 0 spiro atoms. The van der Waals surface area contributed by atoms with Crippen LogP contribution in [0.15, 0.2) is 24.4 Å². The van der Waals surface area contributed by atoms with Crippen molar-refractivity contribution >= 4 is 11.4 Å². The van der Waals surface area contributed by atoms with Gasteiger partial charge in [-0.2, -0.15) is 0 Å². The van der Waals surface area contributed by atoms with Crippen LogP contribution in [0.5, 0.6) is 5.88 Å². The molecule has 0 bridgehead atoms. The molecule has 1 amide bonds. The highest BCUT2D eigenvalue weighted by Gasteiger charge is 2.17. The van der Waals surface area contributed by atoms with Crippen LogP contribution in [0.1, 0.15) is 10.4 Å². The van der Waals surface area contributed by atoms with Crippen molar-refractivity contribution in [2.75, 3.05) is 7.11 Å². The van der Waals surface area contributed by atoms with Gasteiger partial charge in [0.25, 0.3) is 5.91 Å². The maximum Gasteiger partial charge on any atom is 0.256 e. The van der Waals surface area contributed by atoms with Gasteiger partial charge in [0, 0.05) is 6.20 Å². The van der Waals surface area contributed by atoms with E-state index in [0.717, 1.165) is 0 Å². The lowest BCUT2D eigenvalue weighted by atomic mass is 10.2. The summed E-state index contributed by atoms with van der Waals surface area (Å²) in [6.45, 7) is 0. The minimum absolute atomic E-state index is 0.253. The monoisotopic (exact) mass is 191 g/mol. The van der Waals surface area contributed by atoms with Crippen LogP contribution in [0.2, 0.25) is 0 Å². The van der Waals surface area contributed by atoms with E-state index >= 15 is 0 Å². The van der Waals surface area contributed by atoms with Crippen molar-refractivity contribution in [3.8, 4) is 5.88 Å². The first-order valence-corrected chi connectivity index (χ1v) is 4.05. The molecule has 2 heterocycles. The van der Waals surface area contributed by atoms with Crippen molar-refractivity contribution < 1.29 is 9.53 Å². The summed E-state index contributed by atoms with van der Waals surface area (Å²) in [5.41, 5.74) is 6.19. The van der Waals surface area contributed by atoms with Crippen LogP contribution >= 0.6 is 0 Å². The van der Waals surface area contributed by atoms with Crippen LogP contribution in [0.4, 0.5) is 0 Å². The number of pyridine rings is 1. The molecule has 0 aliphatic rings. The molecule has 5 heteroatoms. The van der Waals surface area contributed by atoms with Gasteiger partial charge in [0.1, 0.15) is 5.56 Å². The number of fused-ring (bicyclic) bond motifs is 1. The molecule has 0 aliphatic carbocycles. The van der Waals surface area contributed by atoms with Gasteiger partial charge < -0.3 is 10.5 Å². The van der Waals surface area contributed by atoms with E-state index in [9.17, 15) is 4.79 Å². The van der Waals surface area contributed by atoms with Crippen LogP contribution in [0.3, 0.4) is 0 Å². The van der Waals surface area contributed by atoms with E-state index < -0.39 is 5.91 Å². The summed E-state index contributed by atoms with van der Waals surface area (Å²) in [5, 5.41) is 4.05. The lowest BCUT2D eigenvalue weighted by molar-refractivity contribution is 0.0999. The Labute approximate surface area is 80.1 Å². The van der Waals surface area contributed by atoms with Crippen LogP contribution < -0.4 is 10.5 Å². The number of nitrogens with two attached hydrogens (primary N) is 1. The lowest BCUT2D eigenvalue weighted by Gasteiger charge is -1.94. The number of carbonyl (C=O) groups excluding carboxylic acids is 1. The molecule has 0 unspecified atom stereocenters. The number of aromatic nitrogens is 2. The number of hydrogen-bond acceptors (Lipinski definition) is 3. The Kier molecular flexibility index (Phi) is 1.85. The Morgan fingerprint density at radius 1 is 1.57 bits per heavy atom. The van der Waals surface area contributed by atoms with Gasteiger partial charge in [-0.3, -0.25) is 4.79 Å². The fourth-order valence-corrected chi connectivity index (χ4v) is 1.35. The Balaban J connectivity index is 2.81. The van der Waals surface area contributed by atoms with Crippen molar-refractivity contribution in [3.63, 3.8) is 0 Å². The summed E-state index contributed by atoms with van der Waals surface area (Å²) in [6.07, 6.45) is 1.73. The SMILES string of the molecule is COc1nn2ccccc2c1C(N)=O. The fraction of sp³-hybridized carbons (Fsp3) is 0.111. The predicted molar refractivity (Wildman–Crippen MR) is 50.3 cm³/mol. The van der Waals surface area contributed by atoms with Gasteiger partial charge >= 0.3 is 0 Å². The Hall–Kier alpha value is -2.04. The third kappa shape index (κ3) is 1.10. The first-order chi connectivity index (χ1) is 6.74. The zero-order valence-electron chi connectivity index (χ0n) is 7.60. The summed E-state index contributed by atoms with van der Waals surface area (Å²) in [6, 6.07) is 5.38. The summed E-state index contributed by atoms with van der Waals surface area (Å²) >= 11 is 0. The average Bonchev–Trinajstić information content (AvgIpc) is 2.55. The Morgan fingerprint density at radius 3 is 3.00 bits per heavy atom. The highest BCUT2D eigenvalue weighted by molar-refractivity contribution is 6.02. The molecule has 5 nitrogen and oxygen atoms in total. The summed E-state index contributed by atoms with van der Waals surface area (Å²) < 4.78 is 6.51. The molecule has 0 aliphatic heterocycles. The van der Waals surface area contributed by atoms with Gasteiger partial charge in [0.15, 0.2) is 0 Å². The highest BCUT2D eigenvalue weighted by Crippen LogP contribution is 2.20. The van der Waals surface area contributed by atoms with Gasteiger partial charge in [-0.1, -0.05) is 6.07 Å². The molecular formula is C9H9N3O2. The fourth-order valence-electron chi connectivity index (χ4n) is 1.35. The van der Waals surface area contributed by atoms with E-state index in [-0.39, 0.29) is 5.88 Å². The third-order valence-electron chi connectivity index (χ3n) is 1.95. The van der Waals surface area contributed by atoms with Gasteiger partial charge in [-0.15, -0.1) is 5.10 Å². The van der Waals surface area contributed by atoms with Crippen LogP contribution in [0.25, 0.3) is 5.52 Å². The maximum absolute atomic E-state index is 11.1. The van der Waals surface area contributed by atoms with Gasteiger partial charge in [0.2, 0.25) is 5.88 Å². The van der Waals surface area contributed by atoms with Gasteiger partial charge in [-0.05, 0) is 12.1 Å². The molecule has 0 saturated carbocycles. The van der Waals surface area contributed by atoms with E-state index in [2.05, 4.69) is 5.10 Å². The van der Waals surface area contributed by atoms with Gasteiger partial charge in [-0.25, -0.2) is 4.52 Å². The second kappa shape index (κ2) is 3.02. The summed E-state index contributed by atoms with van der Waals surface area (Å²) in [4.78, 5) is 11.1. The minimum Gasteiger partial charge on any atom is -0.479 e. The van der Waals surface area contributed by atoms with Crippen LogP contribution in [-0.2, 0) is 0 Å². The molecular weight excluding hydrogens is 182 g/mol. The van der Waals surface area contributed by atoms with Gasteiger partial charge in [0.05, 0.1) is 12.6 Å². The average molecular weight is 191 g/mol. The minimum atomic E-state index is -0.539. The number of rotatable bonds is 2. The van der Waals surface area contributed by atoms with E-state index in [4.69, 9.17) is 10.5 Å². The number of ether oxygens (including phenoxy) is 1. The molecule has 14 heavy (non-hydrogen) atoms. The lowest BCUT2D eigenvalue weighted by Crippen LogP contribution is -2.11. The van der Waals surface area contributed by atoms with Crippen molar-refractivity contribution in [1.82, 2.24) is 9.61 Å². The number of amides is 1. The maximum atomic E-state index is 11.1. The number of hydrogen-bond donors (Lipinski definition) is 1. The summed E-state index contributed by atoms with van der Waals surface area (Å²) in [5.74, 6) is -0.285. The summed E-state index contributed by atoms with van der Waals surface area (Å²) in [7, 11) is 1.45. The largest absolute Gasteiger partial charge is 0.479 e. The van der Waals surface area contributed by atoms with Crippen molar-refractivity contribution in [3.05, 3.63) is 30.0 Å². The Bertz CT molecular complexity index is 490. The number of carbonyl (C=O) groups is 1. The molecule has 0 saturated heterocycles. The van der Waals surface area contributed by atoms with Crippen molar-refractivity contribution in [2.24, 2.45) is 5.73 Å². The quantitative estimate of drug-likeness (QED) is 0.748. The van der Waals surface area contributed by atoms with E-state index in [1.54, 1.807) is 16.8 Å². The molecule has 0 fully saturated rings. The predicted octanol–water partition coefficient (Wildman–Crippen LogP) is 0.442. The number of methoxy groups -OCH3 is 1. The van der Waals surface area contributed by atoms with E-state index in [1.165, 1.54) is 7.11 Å². The molecule has 2 aromatic heterocycles. The zero-order chi connectivity index (χ0) is 10.1. The molecule has 0 atom stereocenters. The van der Waals surface area contributed by atoms with Crippen LogP contribution in [-0.4, -0.2) is 22.6 Å². The topological polar surface area (TPSA) is 69.6 Å².